The first-order valence-electron chi connectivity index (χ1n) is 10.3. The highest BCUT2D eigenvalue weighted by molar-refractivity contribution is 6.21. The molecule has 29 heavy (non-hydrogen) atoms. The molecule has 1 aliphatic carbocycles. The molecular weight excluding hydrogens is 372 g/mol. The van der Waals surface area contributed by atoms with Crippen molar-refractivity contribution in [2.45, 2.75) is 57.5 Å². The number of rotatable bonds is 4. The van der Waals surface area contributed by atoms with E-state index in [2.05, 4.69) is 0 Å². The van der Waals surface area contributed by atoms with Gasteiger partial charge in [0.1, 0.15) is 6.04 Å². The van der Waals surface area contributed by atoms with E-state index < -0.39 is 6.04 Å². The van der Waals surface area contributed by atoms with E-state index in [1.165, 1.54) is 7.11 Å². The van der Waals surface area contributed by atoms with Crippen LogP contribution in [0.5, 0.6) is 0 Å². The Kier molecular flexibility index (Phi) is 5.15. The highest BCUT2D eigenvalue weighted by Gasteiger charge is 2.48. The van der Waals surface area contributed by atoms with E-state index in [-0.39, 0.29) is 42.7 Å². The van der Waals surface area contributed by atoms with Gasteiger partial charge in [-0.25, -0.2) is 4.79 Å². The molecule has 0 N–H and O–H groups in total. The second-order valence-electron chi connectivity index (χ2n) is 8.25. The molecule has 1 aromatic rings. The maximum atomic E-state index is 13.1. The average Bonchev–Trinajstić information content (AvgIpc) is 3.22. The molecule has 3 unspecified atom stereocenters. The van der Waals surface area contributed by atoms with Crippen LogP contribution in [0, 0.1) is 12.8 Å². The molecule has 3 atom stereocenters. The average molecular weight is 398 g/mol. The summed E-state index contributed by atoms with van der Waals surface area (Å²) in [6.07, 6.45) is 4.70. The number of carbonyl (C=O) groups is 4. The van der Waals surface area contributed by atoms with Gasteiger partial charge in [0.2, 0.25) is 5.91 Å². The molecule has 0 bridgehead atoms. The molecule has 2 heterocycles. The van der Waals surface area contributed by atoms with E-state index in [0.29, 0.717) is 23.5 Å². The molecule has 4 rings (SSSR count). The Balaban J connectivity index is 1.48. The van der Waals surface area contributed by atoms with E-state index in [1.54, 1.807) is 23.1 Å². The van der Waals surface area contributed by atoms with Gasteiger partial charge in [0.15, 0.2) is 0 Å². The molecule has 2 fully saturated rings. The van der Waals surface area contributed by atoms with E-state index in [1.807, 2.05) is 6.92 Å². The number of nitrogens with zero attached hydrogens (tertiary/aromatic N) is 2. The van der Waals surface area contributed by atoms with Crippen molar-refractivity contribution in [3.05, 3.63) is 34.9 Å². The summed E-state index contributed by atoms with van der Waals surface area (Å²) < 4.78 is 4.93. The van der Waals surface area contributed by atoms with Crippen molar-refractivity contribution < 1.29 is 23.9 Å². The number of hydrogen-bond donors (Lipinski definition) is 0. The van der Waals surface area contributed by atoms with Crippen LogP contribution in [0.1, 0.15) is 64.8 Å². The number of carbonyl (C=O) groups excluding carboxylic acids is 4. The maximum absolute atomic E-state index is 13.1. The predicted molar refractivity (Wildman–Crippen MR) is 104 cm³/mol. The number of amides is 3. The van der Waals surface area contributed by atoms with Crippen LogP contribution in [0.4, 0.5) is 0 Å². The summed E-state index contributed by atoms with van der Waals surface area (Å²) in [4.78, 5) is 53.5. The lowest BCUT2D eigenvalue weighted by atomic mass is 9.84. The maximum Gasteiger partial charge on any atom is 0.328 e. The molecule has 1 saturated carbocycles. The number of esters is 1. The van der Waals surface area contributed by atoms with Gasteiger partial charge in [-0.15, -0.1) is 0 Å². The minimum Gasteiger partial charge on any atom is -0.467 e. The first-order valence-corrected chi connectivity index (χ1v) is 10.3. The lowest BCUT2D eigenvalue weighted by molar-refractivity contribution is -0.152. The van der Waals surface area contributed by atoms with Crippen LogP contribution < -0.4 is 0 Å². The van der Waals surface area contributed by atoms with Crippen molar-refractivity contribution in [1.29, 1.82) is 0 Å². The van der Waals surface area contributed by atoms with Crippen molar-refractivity contribution in [3.8, 4) is 0 Å². The second-order valence-corrected chi connectivity index (χ2v) is 8.25. The summed E-state index contributed by atoms with van der Waals surface area (Å²) in [6.45, 7) is 1.89. The second kappa shape index (κ2) is 7.61. The van der Waals surface area contributed by atoms with Crippen LogP contribution >= 0.6 is 0 Å². The van der Waals surface area contributed by atoms with E-state index in [0.717, 1.165) is 36.1 Å². The summed E-state index contributed by atoms with van der Waals surface area (Å²) in [6, 6.07) is 4.65. The minimum absolute atomic E-state index is 0.0150. The first-order chi connectivity index (χ1) is 13.9. The molecular formula is C22H26N2O5. The number of likely N-dealkylation sites (tertiary alicyclic amines) is 1. The first kappa shape index (κ1) is 19.6. The third kappa shape index (κ3) is 3.32. The number of ether oxygens (including phenoxy) is 1. The summed E-state index contributed by atoms with van der Waals surface area (Å²) in [7, 11) is 1.34. The standard InChI is InChI=1S/C22H26N2O5/c1-13-7-8-15-16(11-13)21(27)23(20(15)26)10-9-19(25)24-17-6-4-3-5-14(17)12-18(24)22(28)29-2/h7-8,11,14,17-18H,3-6,9-10,12H2,1-2H3. The Morgan fingerprint density at radius 1 is 1.10 bits per heavy atom. The Bertz CT molecular complexity index is 880. The van der Waals surface area contributed by atoms with Crippen LogP contribution in [-0.4, -0.2) is 59.2 Å². The van der Waals surface area contributed by atoms with Gasteiger partial charge in [-0.05, 0) is 44.2 Å². The number of hydrogen-bond acceptors (Lipinski definition) is 5. The Labute approximate surface area is 170 Å². The Hall–Kier alpha value is -2.70. The summed E-state index contributed by atoms with van der Waals surface area (Å²) in [5.41, 5.74) is 1.68. The third-order valence-corrected chi connectivity index (χ3v) is 6.52. The van der Waals surface area contributed by atoms with Crippen molar-refractivity contribution in [3.63, 3.8) is 0 Å². The van der Waals surface area contributed by atoms with Crippen LogP contribution in [0.2, 0.25) is 0 Å². The van der Waals surface area contributed by atoms with Crippen molar-refractivity contribution in [2.75, 3.05) is 13.7 Å². The number of imide groups is 1. The fraction of sp³-hybridized carbons (Fsp3) is 0.545. The monoisotopic (exact) mass is 398 g/mol. The lowest BCUT2D eigenvalue weighted by Gasteiger charge is -2.33. The molecule has 0 aromatic heterocycles. The number of methoxy groups -OCH3 is 1. The van der Waals surface area contributed by atoms with E-state index in [9.17, 15) is 19.2 Å². The number of fused-ring (bicyclic) bond motifs is 2. The van der Waals surface area contributed by atoms with Gasteiger partial charge in [0.25, 0.3) is 11.8 Å². The summed E-state index contributed by atoms with van der Waals surface area (Å²) in [5, 5.41) is 0. The zero-order valence-electron chi connectivity index (χ0n) is 16.8. The van der Waals surface area contributed by atoms with E-state index >= 15 is 0 Å². The number of aryl methyl sites for hydroxylation is 1. The largest absolute Gasteiger partial charge is 0.467 e. The minimum atomic E-state index is -0.564. The van der Waals surface area contributed by atoms with Gasteiger partial charge in [0, 0.05) is 19.0 Å². The molecule has 7 heteroatoms. The molecule has 1 aromatic carbocycles. The summed E-state index contributed by atoms with van der Waals surface area (Å²) >= 11 is 0. The van der Waals surface area contributed by atoms with Crippen LogP contribution in [0.3, 0.4) is 0 Å². The molecule has 3 aliphatic rings. The molecule has 7 nitrogen and oxygen atoms in total. The molecule has 0 spiro atoms. The SMILES string of the molecule is COC(=O)C1CC2CCCCC2N1C(=O)CCN1C(=O)c2ccc(C)cc2C1=O. The molecule has 3 amide bonds. The quantitative estimate of drug-likeness (QED) is 0.574. The van der Waals surface area contributed by atoms with Gasteiger partial charge in [0.05, 0.1) is 18.2 Å². The topological polar surface area (TPSA) is 84.0 Å². The molecule has 1 saturated heterocycles. The van der Waals surface area contributed by atoms with Crippen LogP contribution in [0.25, 0.3) is 0 Å². The van der Waals surface area contributed by atoms with Gasteiger partial charge in [-0.3, -0.25) is 19.3 Å². The van der Waals surface area contributed by atoms with E-state index in [4.69, 9.17) is 4.74 Å². The fourth-order valence-corrected chi connectivity index (χ4v) is 5.11. The normalized spacial score (nSPS) is 25.8. The van der Waals surface area contributed by atoms with Crippen molar-refractivity contribution in [2.24, 2.45) is 5.92 Å². The zero-order valence-corrected chi connectivity index (χ0v) is 16.8. The smallest absolute Gasteiger partial charge is 0.328 e. The Morgan fingerprint density at radius 3 is 2.59 bits per heavy atom. The number of benzene rings is 1. The highest BCUT2D eigenvalue weighted by Crippen LogP contribution is 2.40. The van der Waals surface area contributed by atoms with Gasteiger partial charge >= 0.3 is 5.97 Å². The molecule has 154 valence electrons. The van der Waals surface area contributed by atoms with Crippen molar-refractivity contribution >= 4 is 23.7 Å². The van der Waals surface area contributed by atoms with Gasteiger partial charge < -0.3 is 9.64 Å². The third-order valence-electron chi connectivity index (χ3n) is 6.52. The fourth-order valence-electron chi connectivity index (χ4n) is 5.11. The molecule has 0 radical (unpaired) electrons. The van der Waals surface area contributed by atoms with Crippen molar-refractivity contribution in [1.82, 2.24) is 9.80 Å². The Morgan fingerprint density at radius 2 is 1.83 bits per heavy atom. The highest BCUT2D eigenvalue weighted by atomic mass is 16.5. The predicted octanol–water partition coefficient (Wildman–Crippen LogP) is 2.31. The molecule has 2 aliphatic heterocycles. The van der Waals surface area contributed by atoms with Gasteiger partial charge in [-0.1, -0.05) is 24.5 Å². The van der Waals surface area contributed by atoms with Gasteiger partial charge in [-0.2, -0.15) is 0 Å². The van der Waals surface area contributed by atoms with Crippen LogP contribution in [0.15, 0.2) is 18.2 Å². The zero-order chi connectivity index (χ0) is 20.7. The summed E-state index contributed by atoms with van der Waals surface area (Å²) in [5.74, 6) is -0.979. The lowest BCUT2D eigenvalue weighted by Crippen LogP contribution is -2.47. The van der Waals surface area contributed by atoms with Crippen LogP contribution in [-0.2, 0) is 14.3 Å².